The van der Waals surface area contributed by atoms with Crippen LogP contribution in [0.25, 0.3) is 0 Å². The van der Waals surface area contributed by atoms with Crippen LogP contribution in [0.3, 0.4) is 0 Å². The highest BCUT2D eigenvalue weighted by Gasteiger charge is 2.00. The van der Waals surface area contributed by atoms with Gasteiger partial charge in [-0.15, -0.1) is 0 Å². The molecule has 2 amide bonds. The van der Waals surface area contributed by atoms with Crippen LogP contribution in [0.2, 0.25) is 0 Å². The SMILES string of the molecule is CCOCCCNC(=O)NCc1ccco1. The van der Waals surface area contributed by atoms with E-state index in [1.165, 1.54) is 0 Å². The molecule has 0 aliphatic carbocycles. The molecule has 0 unspecified atom stereocenters. The molecule has 0 saturated carbocycles. The van der Waals surface area contributed by atoms with Gasteiger partial charge in [0, 0.05) is 19.8 Å². The van der Waals surface area contributed by atoms with Gasteiger partial charge >= 0.3 is 6.03 Å². The molecule has 0 aliphatic heterocycles. The van der Waals surface area contributed by atoms with Crippen molar-refractivity contribution in [2.45, 2.75) is 19.9 Å². The Morgan fingerprint density at radius 2 is 2.38 bits per heavy atom. The van der Waals surface area contributed by atoms with E-state index in [0.717, 1.165) is 12.2 Å². The number of hydrogen-bond donors (Lipinski definition) is 2. The lowest BCUT2D eigenvalue weighted by molar-refractivity contribution is 0.145. The molecule has 0 radical (unpaired) electrons. The Morgan fingerprint density at radius 3 is 3.06 bits per heavy atom. The van der Waals surface area contributed by atoms with Gasteiger partial charge in [-0.2, -0.15) is 0 Å². The maximum atomic E-state index is 11.3. The minimum absolute atomic E-state index is 0.187. The van der Waals surface area contributed by atoms with Gasteiger partial charge in [0.1, 0.15) is 5.76 Å². The number of ether oxygens (including phenoxy) is 1. The zero-order chi connectivity index (χ0) is 11.6. The Balaban J connectivity index is 1.99. The molecule has 0 aliphatic rings. The summed E-state index contributed by atoms with van der Waals surface area (Å²) in [5.74, 6) is 0.740. The molecule has 5 nitrogen and oxygen atoms in total. The number of furan rings is 1. The molecule has 1 heterocycles. The molecule has 0 spiro atoms. The highest BCUT2D eigenvalue weighted by molar-refractivity contribution is 5.73. The van der Waals surface area contributed by atoms with E-state index in [9.17, 15) is 4.79 Å². The molecule has 0 bridgehead atoms. The monoisotopic (exact) mass is 226 g/mol. The summed E-state index contributed by atoms with van der Waals surface area (Å²) >= 11 is 0. The molecule has 0 atom stereocenters. The van der Waals surface area contributed by atoms with Crippen molar-refractivity contribution in [3.8, 4) is 0 Å². The van der Waals surface area contributed by atoms with Gasteiger partial charge in [-0.25, -0.2) is 4.79 Å². The van der Waals surface area contributed by atoms with E-state index in [-0.39, 0.29) is 6.03 Å². The van der Waals surface area contributed by atoms with Gasteiger partial charge in [0.25, 0.3) is 0 Å². The zero-order valence-electron chi connectivity index (χ0n) is 9.49. The Bertz CT molecular complexity index is 285. The summed E-state index contributed by atoms with van der Waals surface area (Å²) in [6.45, 7) is 4.36. The van der Waals surface area contributed by atoms with Crippen LogP contribution in [0.1, 0.15) is 19.1 Å². The molecule has 0 fully saturated rings. The fourth-order valence-corrected chi connectivity index (χ4v) is 1.16. The van der Waals surface area contributed by atoms with Gasteiger partial charge in [0.2, 0.25) is 0 Å². The first-order valence-electron chi connectivity index (χ1n) is 5.44. The van der Waals surface area contributed by atoms with Gasteiger partial charge in [0.05, 0.1) is 12.8 Å². The van der Waals surface area contributed by atoms with E-state index in [2.05, 4.69) is 10.6 Å². The van der Waals surface area contributed by atoms with Crippen LogP contribution in [-0.4, -0.2) is 25.8 Å². The quantitative estimate of drug-likeness (QED) is 0.693. The van der Waals surface area contributed by atoms with Crippen molar-refractivity contribution in [2.24, 2.45) is 0 Å². The van der Waals surface area contributed by atoms with E-state index in [1.807, 2.05) is 13.0 Å². The molecule has 16 heavy (non-hydrogen) atoms. The van der Waals surface area contributed by atoms with E-state index in [4.69, 9.17) is 9.15 Å². The highest BCUT2D eigenvalue weighted by Crippen LogP contribution is 1.97. The lowest BCUT2D eigenvalue weighted by Crippen LogP contribution is -2.35. The van der Waals surface area contributed by atoms with Crippen LogP contribution in [-0.2, 0) is 11.3 Å². The maximum Gasteiger partial charge on any atom is 0.315 e. The molecule has 0 aromatic carbocycles. The summed E-state index contributed by atoms with van der Waals surface area (Å²) < 4.78 is 10.2. The van der Waals surface area contributed by atoms with Crippen molar-refractivity contribution in [1.82, 2.24) is 10.6 Å². The second kappa shape index (κ2) is 7.76. The van der Waals surface area contributed by atoms with Crippen LogP contribution in [0, 0.1) is 0 Å². The molecule has 90 valence electrons. The number of carbonyl (C=O) groups excluding carboxylic acids is 1. The fraction of sp³-hybridized carbons (Fsp3) is 0.545. The third kappa shape index (κ3) is 5.41. The zero-order valence-corrected chi connectivity index (χ0v) is 9.49. The van der Waals surface area contributed by atoms with Crippen LogP contribution < -0.4 is 10.6 Å². The number of urea groups is 1. The molecule has 1 aromatic heterocycles. The second-order valence-electron chi connectivity index (χ2n) is 3.24. The van der Waals surface area contributed by atoms with Crippen molar-refractivity contribution in [2.75, 3.05) is 19.8 Å². The van der Waals surface area contributed by atoms with Gasteiger partial charge in [-0.05, 0) is 25.5 Å². The first kappa shape index (κ1) is 12.6. The third-order valence-corrected chi connectivity index (χ3v) is 1.96. The van der Waals surface area contributed by atoms with E-state index < -0.39 is 0 Å². The van der Waals surface area contributed by atoms with Crippen LogP contribution in [0.4, 0.5) is 4.79 Å². The fourth-order valence-electron chi connectivity index (χ4n) is 1.16. The van der Waals surface area contributed by atoms with Crippen molar-refractivity contribution in [3.63, 3.8) is 0 Å². The molecule has 5 heteroatoms. The predicted molar refractivity (Wildman–Crippen MR) is 60.1 cm³/mol. The number of rotatable bonds is 7. The molecule has 1 rings (SSSR count). The average Bonchev–Trinajstić information content (AvgIpc) is 2.79. The summed E-state index contributed by atoms with van der Waals surface area (Å²) in [7, 11) is 0. The lowest BCUT2D eigenvalue weighted by atomic mass is 10.4. The molecular weight excluding hydrogens is 208 g/mol. The van der Waals surface area contributed by atoms with Crippen molar-refractivity contribution < 1.29 is 13.9 Å². The number of nitrogens with one attached hydrogen (secondary N) is 2. The largest absolute Gasteiger partial charge is 0.467 e. The normalized spacial score (nSPS) is 10.1. The van der Waals surface area contributed by atoms with Crippen molar-refractivity contribution in [3.05, 3.63) is 24.2 Å². The average molecular weight is 226 g/mol. The summed E-state index contributed by atoms with van der Waals surface area (Å²) in [6, 6.07) is 3.42. The Labute approximate surface area is 95.2 Å². The Kier molecular flexibility index (Phi) is 6.10. The van der Waals surface area contributed by atoms with Crippen LogP contribution in [0.5, 0.6) is 0 Å². The maximum absolute atomic E-state index is 11.3. The van der Waals surface area contributed by atoms with Gasteiger partial charge in [0.15, 0.2) is 0 Å². The minimum atomic E-state index is -0.187. The van der Waals surface area contributed by atoms with Gasteiger partial charge in [-0.3, -0.25) is 0 Å². The summed E-state index contributed by atoms with van der Waals surface area (Å²) in [6.07, 6.45) is 2.40. The second-order valence-corrected chi connectivity index (χ2v) is 3.24. The molecule has 1 aromatic rings. The van der Waals surface area contributed by atoms with E-state index in [0.29, 0.717) is 26.3 Å². The Morgan fingerprint density at radius 1 is 1.50 bits per heavy atom. The van der Waals surface area contributed by atoms with Crippen molar-refractivity contribution in [1.29, 1.82) is 0 Å². The molecule has 0 saturated heterocycles. The predicted octanol–water partition coefficient (Wildman–Crippen LogP) is 1.51. The summed E-state index contributed by atoms with van der Waals surface area (Å²) in [5.41, 5.74) is 0. The van der Waals surface area contributed by atoms with Crippen LogP contribution >= 0.6 is 0 Å². The van der Waals surface area contributed by atoms with Crippen LogP contribution in [0.15, 0.2) is 22.8 Å². The first-order valence-corrected chi connectivity index (χ1v) is 5.44. The van der Waals surface area contributed by atoms with E-state index in [1.54, 1.807) is 12.3 Å². The number of amides is 2. The molecular formula is C11H18N2O3. The Hall–Kier alpha value is -1.49. The lowest BCUT2D eigenvalue weighted by Gasteiger charge is -2.06. The topological polar surface area (TPSA) is 63.5 Å². The highest BCUT2D eigenvalue weighted by atomic mass is 16.5. The van der Waals surface area contributed by atoms with Gasteiger partial charge < -0.3 is 19.8 Å². The number of hydrogen-bond acceptors (Lipinski definition) is 3. The molecule has 2 N–H and O–H groups in total. The first-order chi connectivity index (χ1) is 7.83. The standard InChI is InChI=1S/C11H18N2O3/c1-2-15-7-4-6-12-11(14)13-9-10-5-3-8-16-10/h3,5,8H,2,4,6-7,9H2,1H3,(H2,12,13,14). The summed E-state index contributed by atoms with van der Waals surface area (Å²) in [4.78, 5) is 11.3. The van der Waals surface area contributed by atoms with E-state index >= 15 is 0 Å². The summed E-state index contributed by atoms with van der Waals surface area (Å²) in [5, 5.41) is 5.42. The van der Waals surface area contributed by atoms with Gasteiger partial charge in [-0.1, -0.05) is 0 Å². The minimum Gasteiger partial charge on any atom is -0.467 e. The smallest absolute Gasteiger partial charge is 0.315 e. The number of carbonyl (C=O) groups is 1. The third-order valence-electron chi connectivity index (χ3n) is 1.96. The van der Waals surface area contributed by atoms with Crippen molar-refractivity contribution >= 4 is 6.03 Å².